The van der Waals surface area contributed by atoms with Crippen LogP contribution in [0.2, 0.25) is 0 Å². The van der Waals surface area contributed by atoms with E-state index in [4.69, 9.17) is 4.74 Å². The maximum atomic E-state index is 13.8. The van der Waals surface area contributed by atoms with Crippen LogP contribution in [0.1, 0.15) is 37.3 Å². The number of anilines is 1. The Labute approximate surface area is 197 Å². The summed E-state index contributed by atoms with van der Waals surface area (Å²) in [6, 6.07) is 10.6. The molecule has 7 nitrogen and oxygen atoms in total. The van der Waals surface area contributed by atoms with Gasteiger partial charge in [0.15, 0.2) is 4.80 Å². The first-order valence-corrected chi connectivity index (χ1v) is 12.3. The predicted molar refractivity (Wildman–Crippen MR) is 128 cm³/mol. The number of nitrogens with zero attached hydrogens (tertiary/aromatic N) is 3. The summed E-state index contributed by atoms with van der Waals surface area (Å²) in [6.45, 7) is 6.13. The van der Waals surface area contributed by atoms with Crippen molar-refractivity contribution in [3.05, 3.63) is 83.2 Å². The molecule has 3 aromatic rings. The summed E-state index contributed by atoms with van der Waals surface area (Å²) in [4.78, 5) is 47.6. The summed E-state index contributed by atoms with van der Waals surface area (Å²) in [6.07, 6.45) is 0. The summed E-state index contributed by atoms with van der Waals surface area (Å²) in [5.41, 5.74) is 2.45. The SMILES string of the molecule is CCOC(=O)C1=C(C)N=c2s/c(=C3\C(=O)N(CC)c4ccccc43)c(=O)n2[C@@H]1c1cccs1. The number of likely N-dealkylation sites (N-methyl/N-ethyl adjacent to an activating group) is 1. The van der Waals surface area contributed by atoms with E-state index in [1.807, 2.05) is 48.7 Å². The number of fused-ring (bicyclic) bond motifs is 2. The number of rotatable bonds is 4. The van der Waals surface area contributed by atoms with Crippen LogP contribution in [0.3, 0.4) is 0 Å². The summed E-state index contributed by atoms with van der Waals surface area (Å²) >= 11 is 2.65. The van der Waals surface area contributed by atoms with Crippen molar-refractivity contribution < 1.29 is 14.3 Å². The quantitative estimate of drug-likeness (QED) is 0.539. The highest BCUT2D eigenvalue weighted by molar-refractivity contribution is 7.10. The zero-order valence-electron chi connectivity index (χ0n) is 18.3. The Hall–Kier alpha value is -3.30. The third kappa shape index (κ3) is 3.22. The zero-order valence-corrected chi connectivity index (χ0v) is 20.0. The number of aromatic nitrogens is 1. The number of allylic oxidation sites excluding steroid dienone is 1. The molecule has 0 unspecified atom stereocenters. The Morgan fingerprint density at radius 2 is 1.94 bits per heavy atom. The fourth-order valence-corrected chi connectivity index (χ4v) is 6.33. The molecule has 9 heteroatoms. The third-order valence-corrected chi connectivity index (χ3v) is 7.75. The fourth-order valence-electron chi connectivity index (χ4n) is 4.37. The summed E-state index contributed by atoms with van der Waals surface area (Å²) in [5, 5.41) is 1.90. The first-order chi connectivity index (χ1) is 16.0. The maximum Gasteiger partial charge on any atom is 0.338 e. The summed E-state index contributed by atoms with van der Waals surface area (Å²) in [7, 11) is 0. The Morgan fingerprint density at radius 3 is 2.64 bits per heavy atom. The number of ether oxygens (including phenoxy) is 1. The molecule has 2 aromatic heterocycles. The number of carbonyl (C=O) groups excluding carboxylic acids is 2. The first-order valence-electron chi connectivity index (χ1n) is 10.6. The average Bonchev–Trinajstić information content (AvgIpc) is 3.50. The highest BCUT2D eigenvalue weighted by atomic mass is 32.1. The Morgan fingerprint density at radius 1 is 1.15 bits per heavy atom. The van der Waals surface area contributed by atoms with Crippen LogP contribution in [0.5, 0.6) is 0 Å². The van der Waals surface area contributed by atoms with Crippen molar-refractivity contribution >= 4 is 45.8 Å². The zero-order chi connectivity index (χ0) is 23.3. The van der Waals surface area contributed by atoms with Gasteiger partial charge in [-0.3, -0.25) is 14.2 Å². The third-order valence-electron chi connectivity index (χ3n) is 5.77. The Kier molecular flexibility index (Phi) is 5.38. The topological polar surface area (TPSA) is 81.0 Å². The normalized spacial score (nSPS) is 18.8. The van der Waals surface area contributed by atoms with Crippen molar-refractivity contribution in [2.24, 2.45) is 4.99 Å². The molecule has 4 heterocycles. The number of thiazole rings is 1. The number of benzene rings is 1. The molecule has 0 radical (unpaired) electrons. The lowest BCUT2D eigenvalue weighted by Crippen LogP contribution is -2.40. The molecule has 0 aliphatic carbocycles. The molecule has 168 valence electrons. The second-order valence-electron chi connectivity index (χ2n) is 7.58. The van der Waals surface area contributed by atoms with Gasteiger partial charge in [0.2, 0.25) is 0 Å². The molecule has 0 spiro atoms. The molecule has 1 amide bonds. The standard InChI is InChI=1S/C24H21N3O4S2/c1-4-26-15-10-7-6-9-14(15)18(21(26)28)20-22(29)27-19(16-11-8-12-32-16)17(23(30)31-5-2)13(3)25-24(27)33-20/h6-12,19H,4-5H2,1-3H3/b20-18-/t19-/m1/s1. The van der Waals surface area contributed by atoms with Crippen molar-refractivity contribution in [3.8, 4) is 0 Å². The van der Waals surface area contributed by atoms with E-state index in [9.17, 15) is 14.4 Å². The van der Waals surface area contributed by atoms with E-state index in [-0.39, 0.29) is 18.1 Å². The highest BCUT2D eigenvalue weighted by Crippen LogP contribution is 2.36. The number of para-hydroxylation sites is 1. The number of hydrogen-bond donors (Lipinski definition) is 0. The fraction of sp³-hybridized carbons (Fsp3) is 0.250. The molecule has 1 atom stereocenters. The minimum Gasteiger partial charge on any atom is -0.463 e. The van der Waals surface area contributed by atoms with Crippen LogP contribution in [-0.2, 0) is 14.3 Å². The average molecular weight is 480 g/mol. The molecule has 0 saturated carbocycles. The lowest BCUT2D eigenvalue weighted by molar-refractivity contribution is -0.139. The molecule has 0 fully saturated rings. The minimum atomic E-state index is -0.649. The van der Waals surface area contributed by atoms with E-state index in [0.717, 1.165) is 16.1 Å². The molecule has 1 aromatic carbocycles. The number of amides is 1. The summed E-state index contributed by atoms with van der Waals surface area (Å²) < 4.78 is 7.17. The molecule has 0 bridgehead atoms. The van der Waals surface area contributed by atoms with Crippen LogP contribution in [-0.4, -0.2) is 29.6 Å². The maximum absolute atomic E-state index is 13.8. The van der Waals surface area contributed by atoms with Gasteiger partial charge in [-0.2, -0.15) is 0 Å². The van der Waals surface area contributed by atoms with E-state index in [1.54, 1.807) is 18.7 Å². The number of hydrogen-bond acceptors (Lipinski definition) is 7. The van der Waals surface area contributed by atoms with Crippen molar-refractivity contribution in [2.75, 3.05) is 18.1 Å². The predicted octanol–water partition coefficient (Wildman–Crippen LogP) is 2.60. The van der Waals surface area contributed by atoms with Crippen LogP contribution in [0.4, 0.5) is 5.69 Å². The van der Waals surface area contributed by atoms with Crippen LogP contribution in [0, 0.1) is 0 Å². The van der Waals surface area contributed by atoms with Crippen LogP contribution in [0.25, 0.3) is 5.57 Å². The smallest absolute Gasteiger partial charge is 0.338 e. The number of esters is 1. The van der Waals surface area contributed by atoms with Gasteiger partial charge in [0.1, 0.15) is 10.6 Å². The van der Waals surface area contributed by atoms with Crippen molar-refractivity contribution in [1.82, 2.24) is 4.57 Å². The Balaban J connectivity index is 1.82. The van der Waals surface area contributed by atoms with Crippen LogP contribution < -0.4 is 19.8 Å². The second kappa shape index (κ2) is 8.24. The van der Waals surface area contributed by atoms with Gasteiger partial charge in [-0.15, -0.1) is 11.3 Å². The van der Waals surface area contributed by atoms with Crippen molar-refractivity contribution in [3.63, 3.8) is 0 Å². The van der Waals surface area contributed by atoms with Gasteiger partial charge in [0.25, 0.3) is 11.5 Å². The molecular formula is C24H21N3O4S2. The van der Waals surface area contributed by atoms with Gasteiger partial charge in [0.05, 0.1) is 29.1 Å². The van der Waals surface area contributed by atoms with Crippen molar-refractivity contribution in [2.45, 2.75) is 26.8 Å². The molecular weight excluding hydrogens is 458 g/mol. The van der Waals surface area contributed by atoms with Crippen LogP contribution >= 0.6 is 22.7 Å². The monoisotopic (exact) mass is 479 g/mol. The van der Waals surface area contributed by atoms with Crippen molar-refractivity contribution in [1.29, 1.82) is 0 Å². The molecule has 0 saturated heterocycles. The van der Waals surface area contributed by atoms with Crippen LogP contribution in [0.15, 0.2) is 62.8 Å². The van der Waals surface area contributed by atoms with Gasteiger partial charge in [-0.1, -0.05) is 35.6 Å². The number of carbonyl (C=O) groups is 2. The van der Waals surface area contributed by atoms with E-state index in [0.29, 0.717) is 32.7 Å². The molecule has 2 aliphatic heterocycles. The van der Waals surface area contributed by atoms with Gasteiger partial charge in [-0.25, -0.2) is 9.79 Å². The van der Waals surface area contributed by atoms with Gasteiger partial charge < -0.3 is 9.64 Å². The lowest BCUT2D eigenvalue weighted by atomic mass is 10.0. The number of thiophene rings is 1. The van der Waals surface area contributed by atoms with E-state index in [1.165, 1.54) is 27.2 Å². The largest absolute Gasteiger partial charge is 0.463 e. The van der Waals surface area contributed by atoms with E-state index in [2.05, 4.69) is 4.99 Å². The van der Waals surface area contributed by atoms with E-state index < -0.39 is 12.0 Å². The van der Waals surface area contributed by atoms with Gasteiger partial charge >= 0.3 is 5.97 Å². The molecule has 5 rings (SSSR count). The first kappa shape index (κ1) is 21.5. The second-order valence-corrected chi connectivity index (χ2v) is 9.54. The van der Waals surface area contributed by atoms with Gasteiger partial charge in [0, 0.05) is 17.0 Å². The van der Waals surface area contributed by atoms with E-state index >= 15 is 0 Å². The molecule has 0 N–H and O–H groups in total. The highest BCUT2D eigenvalue weighted by Gasteiger charge is 2.37. The summed E-state index contributed by atoms with van der Waals surface area (Å²) in [5.74, 6) is -0.687. The lowest BCUT2D eigenvalue weighted by Gasteiger charge is -2.23. The molecule has 33 heavy (non-hydrogen) atoms. The molecule has 2 aliphatic rings. The Bertz CT molecular complexity index is 1490. The van der Waals surface area contributed by atoms with Gasteiger partial charge in [-0.05, 0) is 38.3 Å². The minimum absolute atomic E-state index is 0.196.